The largest absolute Gasteiger partial charge is 0.339 e. The molecule has 2 heterocycles. The second-order valence-electron chi connectivity index (χ2n) is 6.13. The van der Waals surface area contributed by atoms with E-state index in [1.165, 1.54) is 12.1 Å². The number of pyridine rings is 1. The molecule has 0 spiro atoms. The summed E-state index contributed by atoms with van der Waals surface area (Å²) in [5.74, 6) is -0.598. The third-order valence-corrected chi connectivity index (χ3v) is 4.41. The van der Waals surface area contributed by atoms with Crippen molar-refractivity contribution in [2.75, 3.05) is 26.2 Å². The van der Waals surface area contributed by atoms with Crippen molar-refractivity contribution in [1.82, 2.24) is 14.8 Å². The highest BCUT2D eigenvalue weighted by Crippen LogP contribution is 2.15. The molecule has 0 radical (unpaired) electrons. The van der Waals surface area contributed by atoms with Crippen LogP contribution in [0.2, 0.25) is 0 Å². The Hall–Kier alpha value is -2.76. The third-order valence-electron chi connectivity index (χ3n) is 4.41. The topological polar surface area (TPSA) is 53.5 Å². The Bertz CT molecular complexity index is 771. The minimum Gasteiger partial charge on any atom is -0.339 e. The van der Waals surface area contributed by atoms with Crippen molar-refractivity contribution in [1.29, 1.82) is 0 Å². The lowest BCUT2D eigenvalue weighted by Crippen LogP contribution is -2.51. The first-order valence-electron chi connectivity index (χ1n) is 8.27. The molecule has 0 aliphatic carbocycles. The standard InChI is InChI=1S/C19H20FN3O2/c1-14-5-6-15(20)12-17(14)19(25)23-10-8-22(9-11-23)18(24)13-16-4-2-3-7-21-16/h2-7,12H,8-11,13H2,1H3. The average molecular weight is 341 g/mol. The number of aromatic nitrogens is 1. The normalized spacial score (nSPS) is 14.5. The Morgan fingerprint density at radius 1 is 1.08 bits per heavy atom. The smallest absolute Gasteiger partial charge is 0.254 e. The molecule has 0 unspecified atom stereocenters. The van der Waals surface area contributed by atoms with Crippen LogP contribution in [0.4, 0.5) is 4.39 Å². The number of benzene rings is 1. The Morgan fingerprint density at radius 3 is 2.48 bits per heavy atom. The molecule has 0 bridgehead atoms. The fourth-order valence-electron chi connectivity index (χ4n) is 2.92. The van der Waals surface area contributed by atoms with Crippen molar-refractivity contribution in [2.24, 2.45) is 0 Å². The maximum Gasteiger partial charge on any atom is 0.254 e. The molecule has 1 fully saturated rings. The van der Waals surface area contributed by atoms with Gasteiger partial charge in [0.1, 0.15) is 5.82 Å². The van der Waals surface area contributed by atoms with Crippen molar-refractivity contribution in [2.45, 2.75) is 13.3 Å². The van der Waals surface area contributed by atoms with Crippen LogP contribution in [0.1, 0.15) is 21.6 Å². The number of hydrogen-bond acceptors (Lipinski definition) is 3. The van der Waals surface area contributed by atoms with Gasteiger partial charge in [-0.2, -0.15) is 0 Å². The van der Waals surface area contributed by atoms with Gasteiger partial charge in [0.15, 0.2) is 0 Å². The third kappa shape index (κ3) is 4.02. The van der Waals surface area contributed by atoms with Crippen molar-refractivity contribution in [3.05, 3.63) is 65.2 Å². The number of aryl methyl sites for hydroxylation is 1. The number of carbonyl (C=O) groups is 2. The zero-order chi connectivity index (χ0) is 17.8. The van der Waals surface area contributed by atoms with Gasteiger partial charge in [-0.15, -0.1) is 0 Å². The van der Waals surface area contributed by atoms with Crippen LogP contribution >= 0.6 is 0 Å². The molecule has 0 N–H and O–H groups in total. The van der Waals surface area contributed by atoms with Gasteiger partial charge in [-0.25, -0.2) is 4.39 Å². The maximum absolute atomic E-state index is 13.4. The van der Waals surface area contributed by atoms with Crippen LogP contribution in [0.5, 0.6) is 0 Å². The van der Waals surface area contributed by atoms with Crippen molar-refractivity contribution in [3.8, 4) is 0 Å². The number of piperazine rings is 1. The van der Waals surface area contributed by atoms with E-state index in [0.717, 1.165) is 11.3 Å². The summed E-state index contributed by atoms with van der Waals surface area (Å²) in [6.45, 7) is 3.64. The summed E-state index contributed by atoms with van der Waals surface area (Å²) in [7, 11) is 0. The first-order valence-corrected chi connectivity index (χ1v) is 8.27. The summed E-state index contributed by atoms with van der Waals surface area (Å²) in [6.07, 6.45) is 1.93. The van der Waals surface area contributed by atoms with Gasteiger partial charge < -0.3 is 9.80 Å². The zero-order valence-electron chi connectivity index (χ0n) is 14.1. The fourth-order valence-corrected chi connectivity index (χ4v) is 2.92. The number of nitrogens with zero attached hydrogens (tertiary/aromatic N) is 3. The van der Waals surface area contributed by atoms with Gasteiger partial charge in [-0.1, -0.05) is 12.1 Å². The second-order valence-corrected chi connectivity index (χ2v) is 6.13. The van der Waals surface area contributed by atoms with Gasteiger partial charge in [-0.05, 0) is 36.8 Å². The molecule has 2 amide bonds. The van der Waals surface area contributed by atoms with Crippen LogP contribution in [0.25, 0.3) is 0 Å². The van der Waals surface area contributed by atoms with Crippen molar-refractivity contribution < 1.29 is 14.0 Å². The van der Waals surface area contributed by atoms with Gasteiger partial charge in [0.2, 0.25) is 5.91 Å². The monoisotopic (exact) mass is 341 g/mol. The van der Waals surface area contributed by atoms with E-state index in [9.17, 15) is 14.0 Å². The minimum atomic E-state index is -0.418. The van der Waals surface area contributed by atoms with Crippen molar-refractivity contribution >= 4 is 11.8 Å². The maximum atomic E-state index is 13.4. The van der Waals surface area contributed by atoms with Crippen LogP contribution in [0, 0.1) is 12.7 Å². The summed E-state index contributed by atoms with van der Waals surface area (Å²) in [4.78, 5) is 32.5. The molecule has 2 aromatic rings. The Morgan fingerprint density at radius 2 is 1.80 bits per heavy atom. The van der Waals surface area contributed by atoms with Crippen LogP contribution in [0.15, 0.2) is 42.6 Å². The molecule has 3 rings (SSSR count). The van der Waals surface area contributed by atoms with Gasteiger partial charge in [0.25, 0.3) is 5.91 Å². The second kappa shape index (κ2) is 7.42. The van der Waals surface area contributed by atoms with E-state index in [0.29, 0.717) is 31.7 Å². The van der Waals surface area contributed by atoms with E-state index < -0.39 is 5.82 Å². The molecule has 1 aliphatic heterocycles. The molecule has 6 heteroatoms. The molecule has 0 saturated carbocycles. The highest BCUT2D eigenvalue weighted by atomic mass is 19.1. The fraction of sp³-hybridized carbons (Fsp3) is 0.316. The molecule has 5 nitrogen and oxygen atoms in total. The minimum absolute atomic E-state index is 0.00716. The van der Waals surface area contributed by atoms with Crippen LogP contribution in [0.3, 0.4) is 0 Å². The Kier molecular flexibility index (Phi) is 5.07. The summed E-state index contributed by atoms with van der Waals surface area (Å²) in [5, 5.41) is 0. The highest BCUT2D eigenvalue weighted by Gasteiger charge is 2.25. The van der Waals surface area contributed by atoms with Crippen molar-refractivity contribution in [3.63, 3.8) is 0 Å². The van der Waals surface area contributed by atoms with Crippen LogP contribution < -0.4 is 0 Å². The predicted octanol–water partition coefficient (Wildman–Crippen LogP) is 2.06. The van der Waals surface area contributed by atoms with E-state index in [1.807, 2.05) is 18.2 Å². The predicted molar refractivity (Wildman–Crippen MR) is 91.6 cm³/mol. The first kappa shape index (κ1) is 17.1. The number of hydrogen-bond donors (Lipinski definition) is 0. The number of rotatable bonds is 3. The van der Waals surface area contributed by atoms with Crippen LogP contribution in [-0.2, 0) is 11.2 Å². The summed E-state index contributed by atoms with van der Waals surface area (Å²) >= 11 is 0. The SMILES string of the molecule is Cc1ccc(F)cc1C(=O)N1CCN(C(=O)Cc2ccccn2)CC1. The summed E-state index contributed by atoms with van der Waals surface area (Å²) in [6, 6.07) is 9.72. The molecule has 1 aliphatic rings. The molecule has 130 valence electrons. The number of amides is 2. The Labute approximate surface area is 146 Å². The molecular formula is C19H20FN3O2. The molecule has 0 atom stereocenters. The first-order chi connectivity index (χ1) is 12.0. The summed E-state index contributed by atoms with van der Waals surface area (Å²) < 4.78 is 13.4. The van der Waals surface area contributed by atoms with Gasteiger partial charge in [-0.3, -0.25) is 14.6 Å². The molecule has 1 aromatic carbocycles. The lowest BCUT2D eigenvalue weighted by Gasteiger charge is -2.35. The number of halogens is 1. The van der Waals surface area contributed by atoms with Gasteiger partial charge in [0, 0.05) is 43.6 Å². The number of carbonyl (C=O) groups excluding carboxylic acids is 2. The highest BCUT2D eigenvalue weighted by molar-refractivity contribution is 5.95. The van der Waals surface area contributed by atoms with E-state index in [4.69, 9.17) is 0 Å². The zero-order valence-corrected chi connectivity index (χ0v) is 14.1. The lowest BCUT2D eigenvalue weighted by molar-refractivity contribution is -0.132. The Balaban J connectivity index is 1.59. The average Bonchev–Trinajstić information content (AvgIpc) is 2.64. The van der Waals surface area contributed by atoms with Gasteiger partial charge in [0.05, 0.1) is 6.42 Å². The molecule has 1 saturated heterocycles. The van der Waals surface area contributed by atoms with E-state index in [1.54, 1.807) is 29.0 Å². The molecule has 1 aromatic heterocycles. The summed E-state index contributed by atoms with van der Waals surface area (Å²) in [5.41, 5.74) is 1.87. The molecule has 25 heavy (non-hydrogen) atoms. The lowest BCUT2D eigenvalue weighted by atomic mass is 10.1. The van der Waals surface area contributed by atoms with E-state index in [-0.39, 0.29) is 18.2 Å². The van der Waals surface area contributed by atoms with E-state index in [2.05, 4.69) is 4.98 Å². The molecular weight excluding hydrogens is 321 g/mol. The van der Waals surface area contributed by atoms with E-state index >= 15 is 0 Å². The van der Waals surface area contributed by atoms with Crippen LogP contribution in [-0.4, -0.2) is 52.8 Å². The quantitative estimate of drug-likeness (QED) is 0.859. The van der Waals surface area contributed by atoms with Gasteiger partial charge >= 0.3 is 0 Å².